The van der Waals surface area contributed by atoms with Gasteiger partial charge in [-0.3, -0.25) is 9.59 Å². The van der Waals surface area contributed by atoms with Gasteiger partial charge in [0.05, 0.1) is 23.6 Å². The number of ether oxygens (including phenoxy) is 2. The predicted molar refractivity (Wildman–Crippen MR) is 108 cm³/mol. The van der Waals surface area contributed by atoms with Gasteiger partial charge in [-0.2, -0.15) is 13.2 Å². The molecule has 33 heavy (non-hydrogen) atoms. The van der Waals surface area contributed by atoms with Crippen LogP contribution in [-0.2, 0) is 33.5 Å². The quantitative estimate of drug-likeness (QED) is 0.308. The summed E-state index contributed by atoms with van der Waals surface area (Å²) in [5, 5.41) is 0.0222. The van der Waals surface area contributed by atoms with E-state index >= 15 is 0 Å². The van der Waals surface area contributed by atoms with Gasteiger partial charge >= 0.3 is 12.1 Å². The number of carbonyl (C=O) groups excluding carboxylic acids is 3. The predicted octanol–water partition coefficient (Wildman–Crippen LogP) is 2.28. The smallest absolute Gasteiger partial charge is 0.416 e. The molecule has 9 nitrogen and oxygen atoms in total. The Labute approximate surface area is 185 Å². The number of Topliss-reactive ketones (excluding diaryl/α,β-unsaturated/α-hetero) is 1. The van der Waals surface area contributed by atoms with Gasteiger partial charge in [0.2, 0.25) is 5.88 Å². The molecule has 3 rings (SSSR count). The summed E-state index contributed by atoms with van der Waals surface area (Å²) in [5.74, 6) is -3.18. The molecule has 0 saturated heterocycles. The number of primary amides is 1. The van der Waals surface area contributed by atoms with Crippen LogP contribution in [0.3, 0.4) is 0 Å². The van der Waals surface area contributed by atoms with Crippen molar-refractivity contribution in [3.63, 3.8) is 0 Å². The molecule has 0 unspecified atom stereocenters. The first-order chi connectivity index (χ1) is 15.6. The highest BCUT2D eigenvalue weighted by Gasteiger charge is 2.31. The van der Waals surface area contributed by atoms with Crippen LogP contribution in [0.4, 0.5) is 13.2 Å². The summed E-state index contributed by atoms with van der Waals surface area (Å²) >= 11 is 0. The Bertz CT molecular complexity index is 1240. The lowest BCUT2D eigenvalue weighted by Crippen LogP contribution is -2.24. The van der Waals surface area contributed by atoms with Gasteiger partial charge in [0.1, 0.15) is 12.0 Å². The number of alkyl halides is 3. The zero-order chi connectivity index (χ0) is 24.3. The van der Waals surface area contributed by atoms with Crippen LogP contribution in [0.15, 0.2) is 30.6 Å². The van der Waals surface area contributed by atoms with Crippen LogP contribution >= 0.6 is 0 Å². The summed E-state index contributed by atoms with van der Waals surface area (Å²) in [6.45, 7) is 1.06. The first-order valence-electron chi connectivity index (χ1n) is 9.64. The van der Waals surface area contributed by atoms with E-state index in [1.54, 1.807) is 6.92 Å². The van der Waals surface area contributed by atoms with Crippen molar-refractivity contribution in [1.29, 1.82) is 0 Å². The second-order valence-electron chi connectivity index (χ2n) is 6.90. The van der Waals surface area contributed by atoms with Crippen LogP contribution in [0.25, 0.3) is 11.0 Å². The molecule has 1 aromatic carbocycles. The minimum Gasteiger partial charge on any atom is -0.466 e. The average molecular weight is 464 g/mol. The maximum atomic E-state index is 13.2. The summed E-state index contributed by atoms with van der Waals surface area (Å²) in [5.41, 5.74) is 4.97. The number of nitrogens with zero attached hydrogens (tertiary/aromatic N) is 3. The van der Waals surface area contributed by atoms with Crippen LogP contribution in [0.5, 0.6) is 5.88 Å². The monoisotopic (exact) mass is 464 g/mol. The third-order valence-electron chi connectivity index (χ3n) is 4.85. The van der Waals surface area contributed by atoms with Crippen LogP contribution in [0.2, 0.25) is 0 Å². The summed E-state index contributed by atoms with van der Waals surface area (Å²) in [6, 6.07) is 4.69. The lowest BCUT2D eigenvalue weighted by Gasteiger charge is -2.12. The molecule has 12 heteroatoms. The molecule has 0 spiro atoms. The third kappa shape index (κ3) is 4.78. The fourth-order valence-corrected chi connectivity index (χ4v) is 3.42. The maximum absolute atomic E-state index is 13.2. The van der Waals surface area contributed by atoms with Crippen molar-refractivity contribution in [1.82, 2.24) is 14.5 Å². The third-order valence-corrected chi connectivity index (χ3v) is 4.85. The first-order valence-corrected chi connectivity index (χ1v) is 9.64. The van der Waals surface area contributed by atoms with Crippen LogP contribution < -0.4 is 10.5 Å². The number of aromatic nitrogens is 3. The number of benzene rings is 1. The fourth-order valence-electron chi connectivity index (χ4n) is 3.42. The zero-order valence-electron chi connectivity index (χ0n) is 17.6. The van der Waals surface area contributed by atoms with Crippen molar-refractivity contribution in [3.05, 3.63) is 53.0 Å². The second kappa shape index (κ2) is 9.27. The number of hydrogen-bond donors (Lipinski definition) is 1. The average Bonchev–Trinajstić information content (AvgIpc) is 3.10. The second-order valence-corrected chi connectivity index (χ2v) is 6.90. The molecule has 2 heterocycles. The highest BCUT2D eigenvalue weighted by molar-refractivity contribution is 6.45. The molecular formula is C21H19F3N4O5. The molecule has 2 N–H and O–H groups in total. The summed E-state index contributed by atoms with van der Waals surface area (Å²) in [4.78, 5) is 44.0. The SMILES string of the molecule is CCc1c(C(=O)C(N)=O)c2c(OCC(=O)OC)ncnc2n1Cc1cccc(C(F)(F)F)c1. The maximum Gasteiger partial charge on any atom is 0.416 e. The van der Waals surface area contributed by atoms with E-state index in [1.807, 2.05) is 0 Å². The molecule has 0 aliphatic carbocycles. The highest BCUT2D eigenvalue weighted by Crippen LogP contribution is 2.34. The van der Waals surface area contributed by atoms with Crippen molar-refractivity contribution in [2.45, 2.75) is 26.1 Å². The van der Waals surface area contributed by atoms with Gasteiger partial charge in [0.15, 0.2) is 6.61 Å². The number of amides is 1. The molecule has 174 valence electrons. The van der Waals surface area contributed by atoms with Crippen molar-refractivity contribution in [2.75, 3.05) is 13.7 Å². The molecular weight excluding hydrogens is 445 g/mol. The number of rotatable bonds is 8. The van der Waals surface area contributed by atoms with E-state index in [4.69, 9.17) is 10.5 Å². The van der Waals surface area contributed by atoms with Gasteiger partial charge in [-0.15, -0.1) is 0 Å². The molecule has 0 aliphatic rings. The number of halogens is 3. The van der Waals surface area contributed by atoms with E-state index in [-0.39, 0.29) is 41.0 Å². The molecule has 0 bridgehead atoms. The molecule has 0 fully saturated rings. The Morgan fingerprint density at radius 2 is 1.91 bits per heavy atom. The Kier molecular flexibility index (Phi) is 6.65. The number of nitrogens with two attached hydrogens (primary N) is 1. The number of fused-ring (bicyclic) bond motifs is 1. The van der Waals surface area contributed by atoms with E-state index in [0.717, 1.165) is 25.6 Å². The molecule has 0 radical (unpaired) electrons. The standard InChI is InChI=1S/C21H19F3N4O5/c1-3-13-15(17(30)18(25)31)16-19(26-10-27-20(16)33-9-14(29)32-2)28(13)8-11-5-4-6-12(7-11)21(22,23)24/h4-7,10H,3,8-9H2,1-2H3,(H2,25,31). The molecule has 0 atom stereocenters. The van der Waals surface area contributed by atoms with Crippen molar-refractivity contribution in [3.8, 4) is 5.88 Å². The number of esters is 1. The first kappa shape index (κ1) is 23.7. The van der Waals surface area contributed by atoms with Gasteiger partial charge < -0.3 is 19.8 Å². The van der Waals surface area contributed by atoms with E-state index < -0.39 is 36.0 Å². The summed E-state index contributed by atoms with van der Waals surface area (Å²) in [6.07, 6.45) is -3.22. The van der Waals surface area contributed by atoms with Gasteiger partial charge in [-0.25, -0.2) is 14.8 Å². The molecule has 2 aromatic heterocycles. The molecule has 0 aliphatic heterocycles. The Hall–Kier alpha value is -3.96. The Morgan fingerprint density at radius 3 is 2.52 bits per heavy atom. The normalized spacial score (nSPS) is 11.4. The van der Waals surface area contributed by atoms with Crippen molar-refractivity contribution >= 4 is 28.7 Å². The van der Waals surface area contributed by atoms with E-state index in [2.05, 4.69) is 14.7 Å². The summed E-state index contributed by atoms with van der Waals surface area (Å²) in [7, 11) is 1.16. The van der Waals surface area contributed by atoms with Crippen LogP contribution in [0.1, 0.15) is 34.1 Å². The largest absolute Gasteiger partial charge is 0.466 e. The lowest BCUT2D eigenvalue weighted by atomic mass is 10.1. The van der Waals surface area contributed by atoms with E-state index in [1.165, 1.54) is 16.7 Å². The number of methoxy groups -OCH3 is 1. The van der Waals surface area contributed by atoms with E-state index in [9.17, 15) is 27.6 Å². The molecule has 0 saturated carbocycles. The number of carbonyl (C=O) groups is 3. The van der Waals surface area contributed by atoms with Gasteiger partial charge in [0.25, 0.3) is 11.7 Å². The molecule has 1 amide bonds. The topological polar surface area (TPSA) is 126 Å². The Morgan fingerprint density at radius 1 is 1.18 bits per heavy atom. The number of ketones is 1. The van der Waals surface area contributed by atoms with E-state index in [0.29, 0.717) is 5.69 Å². The minimum absolute atomic E-state index is 0.0222. The van der Waals surface area contributed by atoms with Crippen molar-refractivity contribution < 1.29 is 37.0 Å². The van der Waals surface area contributed by atoms with Crippen molar-refractivity contribution in [2.24, 2.45) is 5.73 Å². The van der Waals surface area contributed by atoms with Gasteiger partial charge in [-0.05, 0) is 24.1 Å². The molecule has 3 aromatic rings. The highest BCUT2D eigenvalue weighted by atomic mass is 19.4. The van der Waals surface area contributed by atoms with Gasteiger partial charge in [-0.1, -0.05) is 19.1 Å². The zero-order valence-corrected chi connectivity index (χ0v) is 17.6. The summed E-state index contributed by atoms with van der Waals surface area (Å²) < 4.78 is 50.9. The fraction of sp³-hybridized carbons (Fsp3) is 0.286. The number of hydrogen-bond acceptors (Lipinski definition) is 7. The van der Waals surface area contributed by atoms with Crippen LogP contribution in [-0.4, -0.2) is 45.9 Å². The van der Waals surface area contributed by atoms with Crippen LogP contribution in [0, 0.1) is 0 Å². The van der Waals surface area contributed by atoms with Gasteiger partial charge in [0, 0.05) is 12.2 Å². The Balaban J connectivity index is 2.22. The lowest BCUT2D eigenvalue weighted by molar-refractivity contribution is -0.143. The minimum atomic E-state index is -4.54.